The first-order valence-electron chi connectivity index (χ1n) is 10.5. The van der Waals surface area contributed by atoms with Gasteiger partial charge in [-0.3, -0.25) is 9.59 Å². The smallest absolute Gasteiger partial charge is 0.242 e. The van der Waals surface area contributed by atoms with E-state index in [0.717, 1.165) is 24.0 Å². The minimum Gasteiger partial charge on any atom is -0.354 e. The number of carbonyl (C=O) groups excluding carboxylic acids is 2. The Labute approximate surface area is 189 Å². The second kappa shape index (κ2) is 12.6. The van der Waals surface area contributed by atoms with E-state index in [4.69, 9.17) is 23.2 Å². The maximum absolute atomic E-state index is 13.2. The molecule has 0 bridgehead atoms. The zero-order chi connectivity index (χ0) is 21.9. The predicted octanol–water partition coefficient (Wildman–Crippen LogP) is 5.30. The Morgan fingerprint density at radius 1 is 1.00 bits per heavy atom. The molecule has 0 fully saturated rings. The van der Waals surface area contributed by atoms with Crippen LogP contribution in [0.3, 0.4) is 0 Å². The highest BCUT2D eigenvalue weighted by molar-refractivity contribution is 6.42. The fourth-order valence-electron chi connectivity index (χ4n) is 3.33. The SMILES string of the molecule is CCCCNC(=O)[C@@H](CC)N(CCc1ccccc1)C(=O)Cc1ccc(Cl)c(Cl)c1. The second-order valence-corrected chi connectivity index (χ2v) is 8.13. The summed E-state index contributed by atoms with van der Waals surface area (Å²) >= 11 is 12.1. The lowest BCUT2D eigenvalue weighted by molar-refractivity contribution is -0.140. The van der Waals surface area contributed by atoms with Gasteiger partial charge in [0.15, 0.2) is 0 Å². The minimum absolute atomic E-state index is 0.0955. The van der Waals surface area contributed by atoms with Gasteiger partial charge in [0.1, 0.15) is 6.04 Å². The van der Waals surface area contributed by atoms with Crippen LogP contribution in [0.5, 0.6) is 0 Å². The molecule has 30 heavy (non-hydrogen) atoms. The van der Waals surface area contributed by atoms with Crippen LogP contribution in [0.4, 0.5) is 0 Å². The minimum atomic E-state index is -0.499. The van der Waals surface area contributed by atoms with E-state index in [1.807, 2.05) is 37.3 Å². The van der Waals surface area contributed by atoms with E-state index >= 15 is 0 Å². The summed E-state index contributed by atoms with van der Waals surface area (Å²) in [6, 6.07) is 14.7. The maximum atomic E-state index is 13.2. The van der Waals surface area contributed by atoms with E-state index in [1.54, 1.807) is 23.1 Å². The van der Waals surface area contributed by atoms with Crippen LogP contribution in [0.25, 0.3) is 0 Å². The molecule has 162 valence electrons. The monoisotopic (exact) mass is 448 g/mol. The number of halogens is 2. The van der Waals surface area contributed by atoms with Crippen molar-refractivity contribution >= 4 is 35.0 Å². The van der Waals surface area contributed by atoms with Gasteiger partial charge in [0.25, 0.3) is 0 Å². The molecule has 4 nitrogen and oxygen atoms in total. The summed E-state index contributed by atoms with van der Waals surface area (Å²) in [6.45, 7) is 5.12. The van der Waals surface area contributed by atoms with Crippen LogP contribution < -0.4 is 5.32 Å². The number of unbranched alkanes of at least 4 members (excludes halogenated alkanes) is 1. The number of hydrogen-bond donors (Lipinski definition) is 1. The van der Waals surface area contributed by atoms with Crippen molar-refractivity contribution < 1.29 is 9.59 Å². The van der Waals surface area contributed by atoms with Gasteiger partial charge in [0.05, 0.1) is 16.5 Å². The van der Waals surface area contributed by atoms with Crippen LogP contribution in [0.15, 0.2) is 48.5 Å². The summed E-state index contributed by atoms with van der Waals surface area (Å²) in [4.78, 5) is 27.8. The molecule has 2 aromatic rings. The molecule has 2 aromatic carbocycles. The number of amides is 2. The normalized spacial score (nSPS) is 11.7. The first-order chi connectivity index (χ1) is 14.5. The van der Waals surface area contributed by atoms with Gasteiger partial charge in [-0.25, -0.2) is 0 Å². The van der Waals surface area contributed by atoms with Crippen molar-refractivity contribution in [2.24, 2.45) is 0 Å². The molecule has 1 atom stereocenters. The highest BCUT2D eigenvalue weighted by atomic mass is 35.5. The second-order valence-electron chi connectivity index (χ2n) is 7.32. The van der Waals surface area contributed by atoms with Crippen molar-refractivity contribution in [2.45, 2.75) is 52.0 Å². The van der Waals surface area contributed by atoms with Crippen molar-refractivity contribution in [3.05, 3.63) is 69.7 Å². The van der Waals surface area contributed by atoms with Crippen molar-refractivity contribution in [1.29, 1.82) is 0 Å². The summed E-state index contributed by atoms with van der Waals surface area (Å²) in [6.07, 6.45) is 3.34. The molecule has 0 unspecified atom stereocenters. The molecular formula is C24H30Cl2N2O2. The summed E-state index contributed by atoms with van der Waals surface area (Å²) in [5, 5.41) is 3.85. The molecule has 0 heterocycles. The fraction of sp³-hybridized carbons (Fsp3) is 0.417. The lowest BCUT2D eigenvalue weighted by Crippen LogP contribution is -2.50. The fourth-order valence-corrected chi connectivity index (χ4v) is 3.65. The first-order valence-corrected chi connectivity index (χ1v) is 11.3. The average molecular weight is 449 g/mol. The van der Waals surface area contributed by atoms with Crippen molar-refractivity contribution in [3.8, 4) is 0 Å². The van der Waals surface area contributed by atoms with Crippen molar-refractivity contribution in [2.75, 3.05) is 13.1 Å². The van der Waals surface area contributed by atoms with E-state index in [0.29, 0.717) is 36.0 Å². The largest absolute Gasteiger partial charge is 0.354 e. The van der Waals surface area contributed by atoms with Crippen LogP contribution in [-0.2, 0) is 22.4 Å². The number of nitrogens with zero attached hydrogens (tertiary/aromatic N) is 1. The number of nitrogens with one attached hydrogen (secondary N) is 1. The number of hydrogen-bond acceptors (Lipinski definition) is 2. The zero-order valence-corrected chi connectivity index (χ0v) is 19.2. The lowest BCUT2D eigenvalue weighted by atomic mass is 10.1. The van der Waals surface area contributed by atoms with Crippen molar-refractivity contribution in [1.82, 2.24) is 10.2 Å². The Hall–Kier alpha value is -2.04. The van der Waals surface area contributed by atoms with Crippen LogP contribution in [0, 0.1) is 0 Å². The molecule has 2 rings (SSSR count). The van der Waals surface area contributed by atoms with E-state index in [-0.39, 0.29) is 18.2 Å². The van der Waals surface area contributed by atoms with Gasteiger partial charge >= 0.3 is 0 Å². The van der Waals surface area contributed by atoms with Crippen LogP contribution in [0.1, 0.15) is 44.2 Å². The summed E-state index contributed by atoms with van der Waals surface area (Å²) in [5.74, 6) is -0.191. The maximum Gasteiger partial charge on any atom is 0.242 e. The summed E-state index contributed by atoms with van der Waals surface area (Å²) in [5.41, 5.74) is 1.91. The summed E-state index contributed by atoms with van der Waals surface area (Å²) < 4.78 is 0. The molecule has 1 N–H and O–H groups in total. The topological polar surface area (TPSA) is 49.4 Å². The Bertz CT molecular complexity index is 827. The molecule has 0 radical (unpaired) electrons. The molecule has 0 aliphatic carbocycles. The Morgan fingerprint density at radius 2 is 1.73 bits per heavy atom. The van der Waals surface area contributed by atoms with Gasteiger partial charge in [-0.1, -0.05) is 79.9 Å². The molecule has 6 heteroatoms. The van der Waals surface area contributed by atoms with E-state index < -0.39 is 6.04 Å². The van der Waals surface area contributed by atoms with Crippen LogP contribution >= 0.6 is 23.2 Å². The highest BCUT2D eigenvalue weighted by Crippen LogP contribution is 2.23. The average Bonchev–Trinajstić information content (AvgIpc) is 2.74. The molecular weight excluding hydrogens is 419 g/mol. The predicted molar refractivity (Wildman–Crippen MR) is 124 cm³/mol. The Balaban J connectivity index is 2.17. The lowest BCUT2D eigenvalue weighted by Gasteiger charge is -2.31. The molecule has 0 aliphatic rings. The van der Waals surface area contributed by atoms with Crippen molar-refractivity contribution in [3.63, 3.8) is 0 Å². The third-order valence-electron chi connectivity index (χ3n) is 5.04. The van der Waals surface area contributed by atoms with Gasteiger partial charge < -0.3 is 10.2 Å². The molecule has 0 aromatic heterocycles. The Morgan fingerprint density at radius 3 is 2.37 bits per heavy atom. The third kappa shape index (κ3) is 7.33. The third-order valence-corrected chi connectivity index (χ3v) is 5.78. The van der Waals surface area contributed by atoms with Gasteiger partial charge in [-0.05, 0) is 42.5 Å². The quantitative estimate of drug-likeness (QED) is 0.473. The van der Waals surface area contributed by atoms with Crippen LogP contribution in [-0.4, -0.2) is 35.8 Å². The Kier molecular flexibility index (Phi) is 10.2. The standard InChI is InChI=1S/C24H30Cl2N2O2/c1-3-5-14-27-24(30)22(4-2)28(15-13-18-9-7-6-8-10-18)23(29)17-19-11-12-20(25)21(26)16-19/h6-12,16,22H,3-5,13-15,17H2,1-2H3,(H,27,30)/t22-/m1/s1. The molecule has 0 saturated heterocycles. The molecule has 0 aliphatic heterocycles. The molecule has 0 spiro atoms. The highest BCUT2D eigenvalue weighted by Gasteiger charge is 2.28. The zero-order valence-electron chi connectivity index (χ0n) is 17.7. The van der Waals surface area contributed by atoms with Gasteiger partial charge in [0.2, 0.25) is 11.8 Å². The summed E-state index contributed by atoms with van der Waals surface area (Å²) in [7, 11) is 0. The number of rotatable bonds is 11. The van der Waals surface area contributed by atoms with E-state index in [9.17, 15) is 9.59 Å². The van der Waals surface area contributed by atoms with Gasteiger partial charge in [-0.2, -0.15) is 0 Å². The molecule has 2 amide bonds. The molecule has 0 saturated carbocycles. The van der Waals surface area contributed by atoms with E-state index in [2.05, 4.69) is 12.2 Å². The van der Waals surface area contributed by atoms with Crippen LogP contribution in [0.2, 0.25) is 10.0 Å². The number of carbonyl (C=O) groups is 2. The number of benzene rings is 2. The van der Waals surface area contributed by atoms with Gasteiger partial charge in [-0.15, -0.1) is 0 Å². The van der Waals surface area contributed by atoms with Gasteiger partial charge in [0, 0.05) is 13.1 Å². The first kappa shape index (κ1) is 24.2. The van der Waals surface area contributed by atoms with E-state index in [1.165, 1.54) is 0 Å².